The average molecular weight is 356 g/mol. The van der Waals surface area contributed by atoms with E-state index in [0.29, 0.717) is 0 Å². The highest BCUT2D eigenvalue weighted by molar-refractivity contribution is 9.10. The van der Waals surface area contributed by atoms with Crippen LogP contribution in [0.3, 0.4) is 0 Å². The Hall–Kier alpha value is -1.95. The Morgan fingerprint density at radius 1 is 1.10 bits per heavy atom. The van der Waals surface area contributed by atoms with Gasteiger partial charge in [-0.05, 0) is 33.6 Å². The molecule has 110 valence electrons. The van der Waals surface area contributed by atoms with Gasteiger partial charge in [-0.2, -0.15) is 0 Å². The molecular weight excluding hydrogens is 344 g/mol. The standard InChI is InChI=1S/C15H12BrF2NO2/c16-14-11(12(17)6-7-13(14)18)8-19-15(20)21-9-10-4-2-1-3-5-10/h1-7H,8-9H2,(H,19,20). The second kappa shape index (κ2) is 7.17. The molecule has 6 heteroatoms. The number of alkyl carbamates (subject to hydrolysis) is 1. The summed E-state index contributed by atoms with van der Waals surface area (Å²) in [5, 5.41) is 2.38. The van der Waals surface area contributed by atoms with E-state index in [1.54, 1.807) is 0 Å². The summed E-state index contributed by atoms with van der Waals surface area (Å²) in [4.78, 5) is 11.5. The van der Waals surface area contributed by atoms with Crippen molar-refractivity contribution >= 4 is 22.0 Å². The zero-order valence-corrected chi connectivity index (χ0v) is 12.5. The lowest BCUT2D eigenvalue weighted by atomic mass is 10.2. The number of carbonyl (C=O) groups excluding carboxylic acids is 1. The highest BCUT2D eigenvalue weighted by Gasteiger charge is 2.13. The highest BCUT2D eigenvalue weighted by atomic mass is 79.9. The SMILES string of the molecule is O=C(NCc1c(F)ccc(F)c1Br)OCc1ccccc1. The molecule has 0 spiro atoms. The molecule has 0 aliphatic carbocycles. The Labute approximate surface area is 129 Å². The number of nitrogens with one attached hydrogen (secondary N) is 1. The van der Waals surface area contributed by atoms with Gasteiger partial charge in [0, 0.05) is 5.56 Å². The quantitative estimate of drug-likeness (QED) is 0.836. The highest BCUT2D eigenvalue weighted by Crippen LogP contribution is 2.23. The molecule has 0 aliphatic rings. The number of carbonyl (C=O) groups is 1. The van der Waals surface area contributed by atoms with Crippen LogP contribution in [0.4, 0.5) is 13.6 Å². The van der Waals surface area contributed by atoms with Crippen LogP contribution in [0.1, 0.15) is 11.1 Å². The minimum atomic E-state index is -0.700. The van der Waals surface area contributed by atoms with Gasteiger partial charge in [-0.1, -0.05) is 30.3 Å². The van der Waals surface area contributed by atoms with Crippen molar-refractivity contribution in [3.05, 3.63) is 69.7 Å². The number of benzene rings is 2. The molecule has 2 aromatic carbocycles. The van der Waals surface area contributed by atoms with Crippen molar-refractivity contribution in [2.75, 3.05) is 0 Å². The van der Waals surface area contributed by atoms with Crippen LogP contribution in [-0.2, 0) is 17.9 Å². The molecule has 1 amide bonds. The second-order valence-electron chi connectivity index (χ2n) is 4.24. The first-order valence-corrected chi connectivity index (χ1v) is 6.94. The molecule has 0 heterocycles. The summed E-state index contributed by atoms with van der Waals surface area (Å²) in [6.07, 6.45) is -0.700. The van der Waals surface area contributed by atoms with Crippen LogP contribution in [0.5, 0.6) is 0 Å². The average Bonchev–Trinajstić information content (AvgIpc) is 2.50. The number of halogens is 3. The number of hydrogen-bond donors (Lipinski definition) is 1. The van der Waals surface area contributed by atoms with Gasteiger partial charge < -0.3 is 10.1 Å². The van der Waals surface area contributed by atoms with Gasteiger partial charge in [-0.3, -0.25) is 0 Å². The fourth-order valence-corrected chi connectivity index (χ4v) is 2.13. The summed E-state index contributed by atoms with van der Waals surface area (Å²) < 4.78 is 31.8. The molecule has 0 saturated heterocycles. The van der Waals surface area contributed by atoms with Gasteiger partial charge in [-0.25, -0.2) is 13.6 Å². The van der Waals surface area contributed by atoms with Gasteiger partial charge in [0.05, 0.1) is 11.0 Å². The lowest BCUT2D eigenvalue weighted by Crippen LogP contribution is -2.24. The van der Waals surface area contributed by atoms with Crippen LogP contribution in [0.25, 0.3) is 0 Å². The van der Waals surface area contributed by atoms with E-state index in [1.807, 2.05) is 30.3 Å². The summed E-state index contributed by atoms with van der Waals surface area (Å²) in [6, 6.07) is 11.2. The summed E-state index contributed by atoms with van der Waals surface area (Å²) in [7, 11) is 0. The molecule has 0 radical (unpaired) electrons. The van der Waals surface area contributed by atoms with E-state index in [2.05, 4.69) is 21.2 Å². The van der Waals surface area contributed by atoms with Gasteiger partial charge >= 0.3 is 6.09 Å². The van der Waals surface area contributed by atoms with Crippen molar-refractivity contribution in [3.8, 4) is 0 Å². The maximum Gasteiger partial charge on any atom is 0.407 e. The maximum atomic E-state index is 13.5. The van der Waals surface area contributed by atoms with Gasteiger partial charge in [-0.15, -0.1) is 0 Å². The second-order valence-corrected chi connectivity index (χ2v) is 5.03. The molecule has 0 aliphatic heterocycles. The molecule has 0 saturated carbocycles. The minimum Gasteiger partial charge on any atom is -0.445 e. The fraction of sp³-hybridized carbons (Fsp3) is 0.133. The Morgan fingerprint density at radius 2 is 1.76 bits per heavy atom. The first-order chi connectivity index (χ1) is 10.1. The minimum absolute atomic E-state index is 0.00846. The maximum absolute atomic E-state index is 13.5. The van der Waals surface area contributed by atoms with Crippen molar-refractivity contribution < 1.29 is 18.3 Å². The molecule has 21 heavy (non-hydrogen) atoms. The smallest absolute Gasteiger partial charge is 0.407 e. The lowest BCUT2D eigenvalue weighted by Gasteiger charge is -2.09. The Morgan fingerprint density at radius 3 is 2.48 bits per heavy atom. The van der Waals surface area contributed by atoms with E-state index in [9.17, 15) is 13.6 Å². The Kier molecular flexibility index (Phi) is 5.27. The van der Waals surface area contributed by atoms with E-state index < -0.39 is 17.7 Å². The van der Waals surface area contributed by atoms with Crippen LogP contribution < -0.4 is 5.32 Å². The van der Waals surface area contributed by atoms with Crippen molar-refractivity contribution in [2.24, 2.45) is 0 Å². The third kappa shape index (κ3) is 4.26. The van der Waals surface area contributed by atoms with E-state index in [-0.39, 0.29) is 23.2 Å². The van der Waals surface area contributed by atoms with Crippen LogP contribution in [0.2, 0.25) is 0 Å². The first-order valence-electron chi connectivity index (χ1n) is 6.15. The molecular formula is C15H12BrF2NO2. The molecule has 1 N–H and O–H groups in total. The molecule has 0 unspecified atom stereocenters. The normalized spacial score (nSPS) is 10.2. The molecule has 3 nitrogen and oxygen atoms in total. The summed E-state index contributed by atoms with van der Waals surface area (Å²) >= 11 is 2.95. The summed E-state index contributed by atoms with van der Waals surface area (Å²) in [5.74, 6) is -1.20. The van der Waals surface area contributed by atoms with Gasteiger partial charge in [0.2, 0.25) is 0 Å². The number of rotatable bonds is 4. The van der Waals surface area contributed by atoms with E-state index in [0.717, 1.165) is 17.7 Å². The van der Waals surface area contributed by atoms with E-state index in [4.69, 9.17) is 4.74 Å². The van der Waals surface area contributed by atoms with E-state index >= 15 is 0 Å². The van der Waals surface area contributed by atoms with Crippen LogP contribution in [-0.4, -0.2) is 6.09 Å². The van der Waals surface area contributed by atoms with Crippen molar-refractivity contribution in [1.29, 1.82) is 0 Å². The molecule has 0 aromatic heterocycles. The topological polar surface area (TPSA) is 38.3 Å². The molecule has 2 aromatic rings. The molecule has 2 rings (SSSR count). The van der Waals surface area contributed by atoms with Gasteiger partial charge in [0.15, 0.2) is 0 Å². The third-order valence-corrected chi connectivity index (χ3v) is 3.62. The van der Waals surface area contributed by atoms with Crippen molar-refractivity contribution in [1.82, 2.24) is 5.32 Å². The Bertz CT molecular complexity index is 635. The van der Waals surface area contributed by atoms with Crippen LogP contribution in [0, 0.1) is 11.6 Å². The number of hydrogen-bond acceptors (Lipinski definition) is 2. The lowest BCUT2D eigenvalue weighted by molar-refractivity contribution is 0.139. The third-order valence-electron chi connectivity index (χ3n) is 2.76. The number of ether oxygens (including phenoxy) is 1. The zero-order valence-electron chi connectivity index (χ0n) is 10.9. The van der Waals surface area contributed by atoms with Gasteiger partial charge in [0.25, 0.3) is 0 Å². The zero-order chi connectivity index (χ0) is 15.2. The number of amides is 1. The molecule has 0 atom stereocenters. The summed E-state index contributed by atoms with van der Waals surface area (Å²) in [5.41, 5.74) is 0.873. The predicted molar refractivity (Wildman–Crippen MR) is 77.5 cm³/mol. The van der Waals surface area contributed by atoms with Crippen LogP contribution >= 0.6 is 15.9 Å². The van der Waals surface area contributed by atoms with E-state index in [1.165, 1.54) is 0 Å². The summed E-state index contributed by atoms with van der Waals surface area (Å²) in [6.45, 7) is -0.0583. The van der Waals surface area contributed by atoms with Crippen molar-refractivity contribution in [2.45, 2.75) is 13.2 Å². The predicted octanol–water partition coefficient (Wildman–Crippen LogP) is 4.15. The molecule has 0 bridgehead atoms. The Balaban J connectivity index is 1.89. The van der Waals surface area contributed by atoms with Crippen molar-refractivity contribution in [3.63, 3.8) is 0 Å². The first kappa shape index (κ1) is 15.4. The fourth-order valence-electron chi connectivity index (χ4n) is 1.67. The molecule has 0 fully saturated rings. The monoisotopic (exact) mass is 355 g/mol. The van der Waals surface area contributed by atoms with Gasteiger partial charge in [0.1, 0.15) is 18.2 Å². The van der Waals surface area contributed by atoms with Crippen LogP contribution in [0.15, 0.2) is 46.9 Å². The largest absolute Gasteiger partial charge is 0.445 e.